The first-order valence-electron chi connectivity index (χ1n) is 10.7. The second kappa shape index (κ2) is 8.95. The summed E-state index contributed by atoms with van der Waals surface area (Å²) >= 11 is 0. The summed E-state index contributed by atoms with van der Waals surface area (Å²) in [5.74, 6) is 0.657. The summed E-state index contributed by atoms with van der Waals surface area (Å²) in [7, 11) is 0. The van der Waals surface area contributed by atoms with Crippen molar-refractivity contribution >= 4 is 5.97 Å². The average Bonchev–Trinajstić information content (AvgIpc) is 3.43. The topological polar surface area (TPSA) is 119 Å². The Hall–Kier alpha value is -3.85. The lowest BCUT2D eigenvalue weighted by molar-refractivity contribution is 0.0469. The molecule has 0 aliphatic carbocycles. The zero-order valence-corrected chi connectivity index (χ0v) is 19.0. The Balaban J connectivity index is 1.68. The predicted octanol–water partition coefficient (Wildman–Crippen LogP) is 3.49. The molecule has 4 aromatic rings. The normalized spacial score (nSPS) is 11.5. The Labute approximate surface area is 191 Å². The molecule has 0 aliphatic heterocycles. The van der Waals surface area contributed by atoms with E-state index in [1.807, 2.05) is 55.5 Å². The van der Waals surface area contributed by atoms with Crippen LogP contribution in [0.3, 0.4) is 0 Å². The van der Waals surface area contributed by atoms with Crippen LogP contribution in [0.1, 0.15) is 48.3 Å². The molecule has 2 N–H and O–H groups in total. The number of tetrazole rings is 1. The van der Waals surface area contributed by atoms with Crippen molar-refractivity contribution in [2.24, 2.45) is 0 Å². The number of aromatic nitrogens is 6. The Morgan fingerprint density at radius 1 is 1.12 bits per heavy atom. The maximum atomic E-state index is 12.7. The summed E-state index contributed by atoms with van der Waals surface area (Å²) in [5.41, 5.74) is 3.15. The summed E-state index contributed by atoms with van der Waals surface area (Å²) in [6, 6.07) is 15.9. The Kier molecular flexibility index (Phi) is 6.06. The van der Waals surface area contributed by atoms with Gasteiger partial charge in [-0.1, -0.05) is 48.5 Å². The van der Waals surface area contributed by atoms with Crippen molar-refractivity contribution in [2.75, 3.05) is 6.61 Å². The number of carbonyl (C=O) groups excluding carboxylic acids is 1. The molecule has 9 nitrogen and oxygen atoms in total. The third-order valence-electron chi connectivity index (χ3n) is 5.33. The second-order valence-corrected chi connectivity index (χ2v) is 8.20. The van der Waals surface area contributed by atoms with Crippen LogP contribution in [0.4, 0.5) is 0 Å². The minimum Gasteiger partial charge on any atom is -0.461 e. The van der Waals surface area contributed by atoms with Gasteiger partial charge < -0.3 is 14.4 Å². The highest BCUT2D eigenvalue weighted by Gasteiger charge is 2.31. The number of benzene rings is 2. The van der Waals surface area contributed by atoms with Crippen LogP contribution in [0.15, 0.2) is 48.5 Å². The number of hydrogen-bond acceptors (Lipinski definition) is 7. The van der Waals surface area contributed by atoms with Gasteiger partial charge in [-0.15, -0.1) is 10.2 Å². The Morgan fingerprint density at radius 2 is 1.82 bits per heavy atom. The van der Waals surface area contributed by atoms with Gasteiger partial charge in [0.05, 0.1) is 6.61 Å². The van der Waals surface area contributed by atoms with Gasteiger partial charge >= 0.3 is 5.97 Å². The van der Waals surface area contributed by atoms with Gasteiger partial charge in [0.15, 0.2) is 5.69 Å². The van der Waals surface area contributed by atoms with Gasteiger partial charge in [-0.25, -0.2) is 9.78 Å². The fraction of sp³-hybridized carbons (Fsp3) is 0.292. The molecule has 0 fully saturated rings. The van der Waals surface area contributed by atoms with E-state index >= 15 is 0 Å². The number of aryl methyl sites for hydroxylation is 1. The second-order valence-electron chi connectivity index (χ2n) is 8.20. The summed E-state index contributed by atoms with van der Waals surface area (Å²) in [6.45, 7) is 7.43. The first-order chi connectivity index (χ1) is 15.8. The van der Waals surface area contributed by atoms with Crippen LogP contribution in [0.25, 0.3) is 22.5 Å². The highest BCUT2D eigenvalue weighted by molar-refractivity contribution is 5.89. The third-order valence-corrected chi connectivity index (χ3v) is 5.33. The van der Waals surface area contributed by atoms with Crippen LogP contribution >= 0.6 is 0 Å². The van der Waals surface area contributed by atoms with Crippen molar-refractivity contribution in [1.82, 2.24) is 30.2 Å². The van der Waals surface area contributed by atoms with E-state index in [2.05, 4.69) is 25.6 Å². The number of rotatable bonds is 7. The lowest BCUT2D eigenvalue weighted by atomic mass is 9.98. The molecule has 2 heterocycles. The highest BCUT2D eigenvalue weighted by Crippen LogP contribution is 2.30. The number of nitrogens with one attached hydrogen (secondary N) is 1. The van der Waals surface area contributed by atoms with E-state index in [0.29, 0.717) is 23.9 Å². The van der Waals surface area contributed by atoms with Crippen molar-refractivity contribution < 1.29 is 14.6 Å². The number of aliphatic hydroxyl groups is 1. The monoisotopic (exact) mass is 446 g/mol. The van der Waals surface area contributed by atoms with Crippen molar-refractivity contribution in [1.29, 1.82) is 0 Å². The van der Waals surface area contributed by atoms with Crippen LogP contribution in [-0.4, -0.2) is 47.9 Å². The SMILES string of the molecule is CCOC(=O)c1c(C(C)(C)O)nc(C)n1Cc1ccc(-c2ccccc2-c2nn[nH]n2)cc1. The number of imidazole rings is 1. The van der Waals surface area contributed by atoms with Gasteiger partial charge in [-0.05, 0) is 49.6 Å². The summed E-state index contributed by atoms with van der Waals surface area (Å²) in [5, 5.41) is 24.9. The number of ether oxygens (including phenoxy) is 1. The third kappa shape index (κ3) is 4.54. The predicted molar refractivity (Wildman–Crippen MR) is 122 cm³/mol. The van der Waals surface area contributed by atoms with E-state index in [0.717, 1.165) is 22.3 Å². The van der Waals surface area contributed by atoms with Gasteiger partial charge in [0.1, 0.15) is 17.1 Å². The van der Waals surface area contributed by atoms with Crippen molar-refractivity contribution in [3.63, 3.8) is 0 Å². The van der Waals surface area contributed by atoms with Crippen LogP contribution < -0.4 is 0 Å². The lowest BCUT2D eigenvalue weighted by Crippen LogP contribution is -2.23. The summed E-state index contributed by atoms with van der Waals surface area (Å²) < 4.78 is 7.04. The maximum absolute atomic E-state index is 12.7. The molecule has 0 atom stereocenters. The number of hydrogen-bond donors (Lipinski definition) is 2. The van der Waals surface area contributed by atoms with Gasteiger partial charge in [-0.2, -0.15) is 5.21 Å². The number of H-pyrrole nitrogens is 1. The first kappa shape index (κ1) is 22.3. The largest absolute Gasteiger partial charge is 0.461 e. The molecule has 9 heteroatoms. The zero-order valence-electron chi connectivity index (χ0n) is 19.0. The molecule has 4 rings (SSSR count). The first-order valence-corrected chi connectivity index (χ1v) is 10.7. The standard InChI is InChI=1S/C24H26N6O3/c1-5-33-23(31)20-21(24(3,4)32)25-15(2)30(20)14-16-10-12-17(13-11-16)18-8-6-7-9-19(18)22-26-28-29-27-22/h6-13,32H,5,14H2,1-4H3,(H,26,27,28,29). The molecule has 0 aliphatic rings. The zero-order chi connectivity index (χ0) is 23.6. The molecule has 0 unspecified atom stereocenters. The highest BCUT2D eigenvalue weighted by atomic mass is 16.5. The molecule has 0 bridgehead atoms. The molecule has 33 heavy (non-hydrogen) atoms. The molecule has 2 aromatic carbocycles. The quantitative estimate of drug-likeness (QED) is 0.417. The Morgan fingerprint density at radius 3 is 2.42 bits per heavy atom. The fourth-order valence-corrected chi connectivity index (χ4v) is 3.77. The molecule has 170 valence electrons. The van der Waals surface area contributed by atoms with Crippen LogP contribution in [-0.2, 0) is 16.9 Å². The van der Waals surface area contributed by atoms with E-state index in [-0.39, 0.29) is 12.3 Å². The average molecular weight is 447 g/mol. The molecular formula is C24H26N6O3. The molecular weight excluding hydrogens is 420 g/mol. The molecule has 2 aromatic heterocycles. The Bertz CT molecular complexity index is 1250. The van der Waals surface area contributed by atoms with Crippen molar-refractivity contribution in [2.45, 2.75) is 39.8 Å². The number of carbonyl (C=O) groups is 1. The van der Waals surface area contributed by atoms with E-state index in [1.54, 1.807) is 25.3 Å². The summed E-state index contributed by atoms with van der Waals surface area (Å²) in [6.07, 6.45) is 0. The molecule has 0 saturated carbocycles. The van der Waals surface area contributed by atoms with Gasteiger partial charge in [0.2, 0.25) is 5.82 Å². The number of nitrogens with zero attached hydrogens (tertiary/aromatic N) is 5. The van der Waals surface area contributed by atoms with Crippen molar-refractivity contribution in [3.05, 3.63) is 71.3 Å². The number of esters is 1. The van der Waals surface area contributed by atoms with E-state index in [9.17, 15) is 9.90 Å². The molecule has 0 radical (unpaired) electrons. The van der Waals surface area contributed by atoms with Crippen molar-refractivity contribution in [3.8, 4) is 22.5 Å². The smallest absolute Gasteiger partial charge is 0.357 e. The minimum atomic E-state index is -1.28. The van der Waals surface area contributed by atoms with Gasteiger partial charge in [0, 0.05) is 12.1 Å². The van der Waals surface area contributed by atoms with E-state index < -0.39 is 11.6 Å². The molecule has 0 amide bonds. The van der Waals surface area contributed by atoms with Gasteiger partial charge in [-0.3, -0.25) is 0 Å². The molecule has 0 spiro atoms. The van der Waals surface area contributed by atoms with Gasteiger partial charge in [0.25, 0.3) is 0 Å². The van der Waals surface area contributed by atoms with Crippen LogP contribution in [0, 0.1) is 6.92 Å². The summed E-state index contributed by atoms with van der Waals surface area (Å²) in [4.78, 5) is 17.2. The number of aromatic amines is 1. The fourth-order valence-electron chi connectivity index (χ4n) is 3.77. The van der Waals surface area contributed by atoms with Crippen LogP contribution in [0.2, 0.25) is 0 Å². The van der Waals surface area contributed by atoms with E-state index in [4.69, 9.17) is 4.74 Å². The lowest BCUT2D eigenvalue weighted by Gasteiger charge is -2.17. The maximum Gasteiger partial charge on any atom is 0.357 e. The van der Waals surface area contributed by atoms with E-state index in [1.165, 1.54) is 0 Å². The molecule has 0 saturated heterocycles. The van der Waals surface area contributed by atoms with Crippen LogP contribution in [0.5, 0.6) is 0 Å². The minimum absolute atomic E-state index is 0.239.